The first-order valence-corrected chi connectivity index (χ1v) is 9.36. The predicted molar refractivity (Wildman–Crippen MR) is 98.2 cm³/mol. The Morgan fingerprint density at radius 3 is 2.70 bits per heavy atom. The summed E-state index contributed by atoms with van der Waals surface area (Å²) in [4.78, 5) is 33.1. The summed E-state index contributed by atoms with van der Waals surface area (Å²) in [5.41, 5.74) is 1.34. The smallest absolute Gasteiger partial charge is 0.272 e. The highest BCUT2D eigenvalue weighted by Gasteiger charge is 2.42. The summed E-state index contributed by atoms with van der Waals surface area (Å²) in [6.45, 7) is 1.68. The van der Waals surface area contributed by atoms with Gasteiger partial charge in [-0.1, -0.05) is 30.3 Å². The summed E-state index contributed by atoms with van der Waals surface area (Å²) in [5.74, 6) is -0.238. The lowest BCUT2D eigenvalue weighted by Crippen LogP contribution is -2.43. The van der Waals surface area contributed by atoms with E-state index in [1.807, 2.05) is 35.2 Å². The van der Waals surface area contributed by atoms with Crippen molar-refractivity contribution in [3.63, 3.8) is 0 Å². The highest BCUT2D eigenvalue weighted by atomic mass is 19.1. The molecule has 0 unspecified atom stereocenters. The molecular weight excluding hydrogens is 345 g/mol. The number of amides is 2. The van der Waals surface area contributed by atoms with E-state index in [0.717, 1.165) is 24.6 Å². The summed E-state index contributed by atoms with van der Waals surface area (Å²) in [6, 6.07) is 12.6. The van der Waals surface area contributed by atoms with E-state index in [1.54, 1.807) is 4.90 Å². The van der Waals surface area contributed by atoms with Crippen molar-refractivity contribution >= 4 is 11.8 Å². The van der Waals surface area contributed by atoms with E-state index in [0.29, 0.717) is 26.1 Å². The van der Waals surface area contributed by atoms with Crippen molar-refractivity contribution in [3.05, 3.63) is 65.7 Å². The summed E-state index contributed by atoms with van der Waals surface area (Å²) < 4.78 is 13.1. The van der Waals surface area contributed by atoms with Crippen LogP contribution in [-0.2, 0) is 11.3 Å². The summed E-state index contributed by atoms with van der Waals surface area (Å²) >= 11 is 0. The normalized spacial score (nSPS) is 22.5. The molecular formula is C21H22FN3O2. The van der Waals surface area contributed by atoms with Crippen LogP contribution in [0.4, 0.5) is 4.39 Å². The second-order valence-electron chi connectivity index (χ2n) is 7.30. The zero-order valence-corrected chi connectivity index (χ0v) is 15.1. The van der Waals surface area contributed by atoms with Crippen molar-refractivity contribution in [2.45, 2.75) is 31.8 Å². The van der Waals surface area contributed by atoms with Crippen molar-refractivity contribution in [2.75, 3.05) is 13.1 Å². The van der Waals surface area contributed by atoms with Gasteiger partial charge in [0, 0.05) is 26.1 Å². The van der Waals surface area contributed by atoms with Crippen LogP contribution in [0.1, 0.15) is 35.3 Å². The molecule has 3 heterocycles. The highest BCUT2D eigenvalue weighted by molar-refractivity contribution is 5.92. The van der Waals surface area contributed by atoms with Gasteiger partial charge in [0.2, 0.25) is 5.91 Å². The van der Waals surface area contributed by atoms with Gasteiger partial charge in [-0.2, -0.15) is 0 Å². The number of aromatic nitrogens is 1. The molecule has 2 atom stereocenters. The number of carbonyl (C=O) groups is 2. The number of hydrogen-bond acceptors (Lipinski definition) is 3. The highest BCUT2D eigenvalue weighted by Crippen LogP contribution is 2.32. The Kier molecular flexibility index (Phi) is 4.88. The quantitative estimate of drug-likeness (QED) is 0.838. The molecule has 2 fully saturated rings. The molecule has 1 aromatic heterocycles. The maximum atomic E-state index is 13.1. The first kappa shape index (κ1) is 17.6. The van der Waals surface area contributed by atoms with E-state index in [9.17, 15) is 14.0 Å². The first-order chi connectivity index (χ1) is 13.1. The maximum Gasteiger partial charge on any atom is 0.272 e. The number of carbonyl (C=O) groups excluding carboxylic acids is 2. The van der Waals surface area contributed by atoms with Crippen molar-refractivity contribution in [2.24, 2.45) is 5.92 Å². The van der Waals surface area contributed by atoms with E-state index < -0.39 is 5.82 Å². The SMILES string of the molecule is O=C(c1ccc(F)cn1)N1C[C@H]2CCCC(=O)N(Cc3ccccc3)[C@H]2C1. The second kappa shape index (κ2) is 7.47. The molecule has 0 N–H and O–H groups in total. The van der Waals surface area contributed by atoms with Crippen LogP contribution in [0.5, 0.6) is 0 Å². The standard InChI is InChI=1S/C21H22FN3O2/c22-17-9-10-18(23-11-17)21(27)24-13-16-7-4-8-20(26)25(19(16)14-24)12-15-5-2-1-3-6-15/h1-3,5-6,9-11,16,19H,4,7-8,12-14H2/t16-,19+/m1/s1. The molecule has 0 radical (unpaired) electrons. The Labute approximate surface area is 157 Å². The Bertz CT molecular complexity index is 825. The van der Waals surface area contributed by atoms with Gasteiger partial charge in [0.1, 0.15) is 11.5 Å². The molecule has 0 aliphatic carbocycles. The molecule has 140 valence electrons. The van der Waals surface area contributed by atoms with E-state index in [2.05, 4.69) is 4.98 Å². The fourth-order valence-electron chi connectivity index (χ4n) is 4.15. The fourth-order valence-corrected chi connectivity index (χ4v) is 4.15. The van der Waals surface area contributed by atoms with Crippen molar-refractivity contribution in [3.8, 4) is 0 Å². The number of likely N-dealkylation sites (tertiary alicyclic amines) is 2. The molecule has 5 nitrogen and oxygen atoms in total. The van der Waals surface area contributed by atoms with Crippen LogP contribution in [0.2, 0.25) is 0 Å². The van der Waals surface area contributed by atoms with E-state index >= 15 is 0 Å². The third kappa shape index (κ3) is 3.70. The molecule has 2 aromatic rings. The van der Waals surface area contributed by atoms with E-state index in [-0.39, 0.29) is 29.5 Å². The van der Waals surface area contributed by atoms with Gasteiger partial charge in [-0.3, -0.25) is 9.59 Å². The minimum atomic E-state index is -0.460. The second-order valence-corrected chi connectivity index (χ2v) is 7.30. The number of pyridine rings is 1. The number of hydrogen-bond donors (Lipinski definition) is 0. The summed E-state index contributed by atoms with van der Waals surface area (Å²) in [7, 11) is 0. The van der Waals surface area contributed by atoms with Crippen LogP contribution in [0.3, 0.4) is 0 Å². The van der Waals surface area contributed by atoms with Crippen LogP contribution in [0.15, 0.2) is 48.7 Å². The van der Waals surface area contributed by atoms with Gasteiger partial charge < -0.3 is 9.80 Å². The lowest BCUT2D eigenvalue weighted by molar-refractivity contribution is -0.133. The third-order valence-electron chi connectivity index (χ3n) is 5.52. The van der Waals surface area contributed by atoms with E-state index in [4.69, 9.17) is 0 Å². The third-order valence-corrected chi connectivity index (χ3v) is 5.52. The predicted octanol–water partition coefficient (Wildman–Crippen LogP) is 2.87. The molecule has 4 rings (SSSR count). The lowest BCUT2D eigenvalue weighted by Gasteiger charge is -2.30. The van der Waals surface area contributed by atoms with Crippen molar-refractivity contribution in [1.29, 1.82) is 0 Å². The van der Waals surface area contributed by atoms with Gasteiger partial charge in [0.05, 0.1) is 12.2 Å². The number of benzene rings is 1. The van der Waals surface area contributed by atoms with Crippen LogP contribution < -0.4 is 0 Å². The monoisotopic (exact) mass is 367 g/mol. The molecule has 0 bridgehead atoms. The molecule has 27 heavy (non-hydrogen) atoms. The van der Waals surface area contributed by atoms with Gasteiger partial charge in [-0.15, -0.1) is 0 Å². The Morgan fingerprint density at radius 2 is 1.96 bits per heavy atom. The Balaban J connectivity index is 1.54. The van der Waals surface area contributed by atoms with Crippen LogP contribution >= 0.6 is 0 Å². The average molecular weight is 367 g/mol. The minimum Gasteiger partial charge on any atom is -0.335 e. The summed E-state index contributed by atoms with van der Waals surface area (Å²) in [6.07, 6.45) is 3.41. The molecule has 2 aliphatic rings. The Hall–Kier alpha value is -2.76. The number of nitrogens with zero attached hydrogens (tertiary/aromatic N) is 3. The Morgan fingerprint density at radius 1 is 1.15 bits per heavy atom. The zero-order chi connectivity index (χ0) is 18.8. The van der Waals surface area contributed by atoms with Gasteiger partial charge in [0.25, 0.3) is 5.91 Å². The first-order valence-electron chi connectivity index (χ1n) is 9.36. The number of fused-ring (bicyclic) bond motifs is 1. The largest absolute Gasteiger partial charge is 0.335 e. The fraction of sp³-hybridized carbons (Fsp3) is 0.381. The molecule has 1 aromatic carbocycles. The van der Waals surface area contributed by atoms with Crippen LogP contribution in [0.25, 0.3) is 0 Å². The minimum absolute atomic E-state index is 0.0182. The molecule has 0 saturated carbocycles. The molecule has 2 amide bonds. The maximum absolute atomic E-state index is 13.1. The molecule has 2 aliphatic heterocycles. The van der Waals surface area contributed by atoms with Gasteiger partial charge >= 0.3 is 0 Å². The van der Waals surface area contributed by atoms with Crippen molar-refractivity contribution in [1.82, 2.24) is 14.8 Å². The summed E-state index contributed by atoms with van der Waals surface area (Å²) in [5, 5.41) is 0. The topological polar surface area (TPSA) is 53.5 Å². The number of halogens is 1. The molecule has 0 spiro atoms. The lowest BCUT2D eigenvalue weighted by atomic mass is 9.98. The van der Waals surface area contributed by atoms with Gasteiger partial charge in [-0.25, -0.2) is 9.37 Å². The average Bonchev–Trinajstić information content (AvgIpc) is 3.05. The van der Waals surface area contributed by atoms with E-state index in [1.165, 1.54) is 12.1 Å². The zero-order valence-electron chi connectivity index (χ0n) is 15.1. The van der Waals surface area contributed by atoms with Crippen LogP contribution in [-0.4, -0.2) is 45.7 Å². The van der Waals surface area contributed by atoms with Crippen molar-refractivity contribution < 1.29 is 14.0 Å². The number of rotatable bonds is 3. The molecule has 2 saturated heterocycles. The van der Waals surface area contributed by atoms with Crippen LogP contribution in [0, 0.1) is 11.7 Å². The molecule has 6 heteroatoms. The van der Waals surface area contributed by atoms with Gasteiger partial charge in [0.15, 0.2) is 0 Å². The van der Waals surface area contributed by atoms with Gasteiger partial charge in [-0.05, 0) is 36.5 Å².